The van der Waals surface area contributed by atoms with E-state index in [4.69, 9.17) is 5.11 Å². The molecule has 0 bridgehead atoms. The molecule has 6 heteroatoms. The molecule has 0 saturated heterocycles. The highest BCUT2D eigenvalue weighted by Gasteiger charge is 2.13. The molecule has 0 radical (unpaired) electrons. The van der Waals surface area contributed by atoms with E-state index < -0.39 is 17.7 Å². The topological polar surface area (TPSA) is 62.2 Å². The number of aliphatic hydroxyl groups excluding tert-OH is 1. The minimum absolute atomic E-state index is 0.157. The third-order valence-electron chi connectivity index (χ3n) is 2.91. The molecule has 1 heterocycles. The molecule has 1 amide bonds. The number of halogens is 2. The van der Waals surface area contributed by atoms with Gasteiger partial charge in [0, 0.05) is 0 Å². The van der Waals surface area contributed by atoms with Crippen molar-refractivity contribution in [3.63, 3.8) is 0 Å². The van der Waals surface area contributed by atoms with E-state index in [2.05, 4.69) is 10.3 Å². The number of nitrogens with zero attached hydrogens (tertiary/aromatic N) is 1. The van der Waals surface area contributed by atoms with E-state index in [1.54, 1.807) is 12.1 Å². The summed E-state index contributed by atoms with van der Waals surface area (Å²) in [5.41, 5.74) is 0.836. The van der Waals surface area contributed by atoms with Gasteiger partial charge in [0.2, 0.25) is 6.41 Å². The molecule has 0 saturated carbocycles. The van der Waals surface area contributed by atoms with Crippen molar-refractivity contribution in [2.75, 3.05) is 6.61 Å². The smallest absolute Gasteiger partial charge is 0.207 e. The van der Waals surface area contributed by atoms with Gasteiger partial charge in [-0.25, -0.2) is 8.78 Å². The predicted molar refractivity (Wildman–Crippen MR) is 68.6 cm³/mol. The third-order valence-corrected chi connectivity index (χ3v) is 2.91. The Morgan fingerprint density at radius 3 is 2.30 bits per heavy atom. The van der Waals surface area contributed by atoms with Crippen LogP contribution in [0.5, 0.6) is 0 Å². The quantitative estimate of drug-likeness (QED) is 0.820. The first-order valence-electron chi connectivity index (χ1n) is 5.87. The normalized spacial score (nSPS) is 11.9. The second-order valence-electron chi connectivity index (χ2n) is 4.12. The lowest BCUT2D eigenvalue weighted by atomic mass is 10.0. The molecule has 2 N–H and O–H groups in total. The maximum Gasteiger partial charge on any atom is 0.207 e. The molecule has 0 spiro atoms. The summed E-state index contributed by atoms with van der Waals surface area (Å²) in [4.78, 5) is 13.8. The summed E-state index contributed by atoms with van der Waals surface area (Å²) in [6.07, 6.45) is 2.37. The van der Waals surface area contributed by atoms with Crippen LogP contribution in [0.4, 0.5) is 8.78 Å². The number of pyridine rings is 1. The zero-order chi connectivity index (χ0) is 14.5. The average molecular weight is 278 g/mol. The first-order valence-corrected chi connectivity index (χ1v) is 5.87. The number of carbonyl (C=O) groups excluding carboxylic acids is 1. The summed E-state index contributed by atoms with van der Waals surface area (Å²) >= 11 is 0. The Labute approximate surface area is 114 Å². The van der Waals surface area contributed by atoms with Gasteiger partial charge in [-0.2, -0.15) is 0 Å². The van der Waals surface area contributed by atoms with E-state index in [1.165, 1.54) is 12.1 Å². The summed E-state index contributed by atoms with van der Waals surface area (Å²) in [5.74, 6) is -1.50. The van der Waals surface area contributed by atoms with Gasteiger partial charge in [-0.05, 0) is 11.1 Å². The Morgan fingerprint density at radius 1 is 1.20 bits per heavy atom. The van der Waals surface area contributed by atoms with E-state index in [0.29, 0.717) is 17.5 Å². The maximum absolute atomic E-state index is 13.6. The predicted octanol–water partition coefficient (Wildman–Crippen LogP) is 1.81. The molecule has 0 fully saturated rings. The van der Waals surface area contributed by atoms with E-state index in [9.17, 15) is 13.6 Å². The largest absolute Gasteiger partial charge is 0.394 e. The first kappa shape index (κ1) is 14.1. The van der Waals surface area contributed by atoms with Gasteiger partial charge in [-0.1, -0.05) is 24.3 Å². The lowest BCUT2D eigenvalue weighted by Gasteiger charge is -2.14. The number of benzene rings is 1. The molecule has 0 aliphatic rings. The third kappa shape index (κ3) is 2.80. The second-order valence-corrected chi connectivity index (χ2v) is 4.12. The molecule has 1 aromatic heterocycles. The SMILES string of the molecule is O=CNC(CO)c1ccc(-c2c(F)cncc2F)cc1. The summed E-state index contributed by atoms with van der Waals surface area (Å²) in [6.45, 7) is -0.268. The van der Waals surface area contributed by atoms with Crippen LogP contribution < -0.4 is 5.32 Å². The molecule has 4 nitrogen and oxygen atoms in total. The van der Waals surface area contributed by atoms with E-state index in [1.807, 2.05) is 0 Å². The molecule has 1 aromatic carbocycles. The number of hydrogen-bond acceptors (Lipinski definition) is 3. The van der Waals surface area contributed by atoms with Crippen LogP contribution in [0.25, 0.3) is 11.1 Å². The number of aromatic nitrogens is 1. The Hall–Kier alpha value is -2.34. The Balaban J connectivity index is 2.35. The second kappa shape index (κ2) is 6.21. The number of aliphatic hydroxyl groups is 1. The molecule has 104 valence electrons. The van der Waals surface area contributed by atoms with Gasteiger partial charge >= 0.3 is 0 Å². The fourth-order valence-electron chi connectivity index (χ4n) is 1.91. The van der Waals surface area contributed by atoms with E-state index in [-0.39, 0.29) is 12.2 Å². The summed E-state index contributed by atoms with van der Waals surface area (Å²) in [6, 6.07) is 5.67. The van der Waals surface area contributed by atoms with Crippen molar-refractivity contribution in [2.24, 2.45) is 0 Å². The van der Waals surface area contributed by atoms with Crippen LogP contribution in [0.15, 0.2) is 36.7 Å². The Bertz CT molecular complexity index is 582. The Morgan fingerprint density at radius 2 is 1.80 bits per heavy atom. The molecule has 20 heavy (non-hydrogen) atoms. The van der Waals surface area contributed by atoms with Crippen molar-refractivity contribution in [2.45, 2.75) is 6.04 Å². The standard InChI is InChI=1S/C14H12F2N2O2/c15-11-5-17-6-12(16)14(11)10-3-1-9(2-4-10)13(7-19)18-8-20/h1-6,8,13,19H,7H2,(H,18,20). The van der Waals surface area contributed by atoms with Crippen LogP contribution in [-0.2, 0) is 4.79 Å². The lowest BCUT2D eigenvalue weighted by Crippen LogP contribution is -2.22. The fourth-order valence-corrected chi connectivity index (χ4v) is 1.91. The van der Waals surface area contributed by atoms with Crippen molar-refractivity contribution in [3.8, 4) is 11.1 Å². The minimum atomic E-state index is -0.748. The number of amides is 1. The van der Waals surface area contributed by atoms with Gasteiger partial charge < -0.3 is 10.4 Å². The van der Waals surface area contributed by atoms with Crippen molar-refractivity contribution < 1.29 is 18.7 Å². The van der Waals surface area contributed by atoms with Gasteiger partial charge in [-0.15, -0.1) is 0 Å². The summed E-state index contributed by atoms with van der Waals surface area (Å²) < 4.78 is 27.2. The average Bonchev–Trinajstić information content (AvgIpc) is 2.45. The summed E-state index contributed by atoms with van der Waals surface area (Å²) in [5, 5.41) is 11.6. The molecule has 0 aliphatic carbocycles. The maximum atomic E-state index is 13.6. The zero-order valence-corrected chi connectivity index (χ0v) is 10.4. The van der Waals surface area contributed by atoms with Crippen molar-refractivity contribution in [1.82, 2.24) is 10.3 Å². The molecule has 2 rings (SSSR count). The van der Waals surface area contributed by atoms with Gasteiger partial charge in [0.25, 0.3) is 0 Å². The molecule has 1 unspecified atom stereocenters. The molecule has 1 atom stereocenters. The van der Waals surface area contributed by atoms with Crippen molar-refractivity contribution >= 4 is 6.41 Å². The fraction of sp³-hybridized carbons (Fsp3) is 0.143. The van der Waals surface area contributed by atoms with Crippen molar-refractivity contribution in [3.05, 3.63) is 53.9 Å². The first-order chi connectivity index (χ1) is 9.67. The van der Waals surface area contributed by atoms with Crippen LogP contribution in [0.3, 0.4) is 0 Å². The molecule has 0 aliphatic heterocycles. The number of rotatable bonds is 5. The van der Waals surface area contributed by atoms with Gasteiger partial charge in [0.15, 0.2) is 11.6 Å². The molecule has 2 aromatic rings. The zero-order valence-electron chi connectivity index (χ0n) is 10.4. The highest BCUT2D eigenvalue weighted by Crippen LogP contribution is 2.26. The minimum Gasteiger partial charge on any atom is -0.394 e. The number of hydrogen-bond donors (Lipinski definition) is 2. The number of nitrogens with one attached hydrogen (secondary N) is 1. The highest BCUT2D eigenvalue weighted by atomic mass is 19.1. The van der Waals surface area contributed by atoms with Gasteiger partial charge in [0.05, 0.1) is 30.6 Å². The van der Waals surface area contributed by atoms with Crippen molar-refractivity contribution in [1.29, 1.82) is 0 Å². The monoisotopic (exact) mass is 278 g/mol. The van der Waals surface area contributed by atoms with E-state index in [0.717, 1.165) is 12.4 Å². The summed E-state index contributed by atoms with van der Waals surface area (Å²) in [7, 11) is 0. The highest BCUT2D eigenvalue weighted by molar-refractivity contribution is 5.64. The van der Waals surface area contributed by atoms with Gasteiger partial charge in [-0.3, -0.25) is 9.78 Å². The van der Waals surface area contributed by atoms with Crippen LogP contribution >= 0.6 is 0 Å². The van der Waals surface area contributed by atoms with Crippen LogP contribution in [0.2, 0.25) is 0 Å². The lowest BCUT2D eigenvalue weighted by molar-refractivity contribution is -0.110. The van der Waals surface area contributed by atoms with Crippen LogP contribution in [-0.4, -0.2) is 23.1 Å². The van der Waals surface area contributed by atoms with Gasteiger partial charge in [0.1, 0.15) is 0 Å². The molecular weight excluding hydrogens is 266 g/mol. The van der Waals surface area contributed by atoms with Crippen LogP contribution in [0, 0.1) is 11.6 Å². The Kier molecular flexibility index (Phi) is 4.37. The van der Waals surface area contributed by atoms with E-state index >= 15 is 0 Å². The molecular formula is C14H12F2N2O2. The number of carbonyl (C=O) groups is 1. The van der Waals surface area contributed by atoms with Crippen LogP contribution in [0.1, 0.15) is 11.6 Å².